The minimum Gasteiger partial charge on any atom is -0.278 e. The number of hydrogen-bond acceptors (Lipinski definition) is 7. The van der Waals surface area contributed by atoms with Crippen molar-refractivity contribution in [2.45, 2.75) is 43.3 Å². The third kappa shape index (κ3) is 2.97. The number of rotatable bonds is 3. The second kappa shape index (κ2) is 7.09. The van der Waals surface area contributed by atoms with E-state index in [1.54, 1.807) is 22.2 Å². The van der Waals surface area contributed by atoms with E-state index in [-0.39, 0.29) is 6.17 Å². The van der Waals surface area contributed by atoms with E-state index in [0.29, 0.717) is 0 Å². The molecule has 3 aromatic rings. The Morgan fingerprint density at radius 1 is 1.28 bits per heavy atom. The van der Waals surface area contributed by atoms with Crippen LogP contribution in [0.2, 0.25) is 0 Å². The molecule has 1 saturated heterocycles. The molecular weight excluding hydrogens is 468 g/mol. The molecule has 4 heterocycles. The summed E-state index contributed by atoms with van der Waals surface area (Å²) in [7, 11) is 0. The summed E-state index contributed by atoms with van der Waals surface area (Å²) in [5.41, 5.74) is 7.71. The largest absolute Gasteiger partial charge is 0.278 e. The Bertz CT molecular complexity index is 1080. The number of halogens is 1. The summed E-state index contributed by atoms with van der Waals surface area (Å²) in [5.74, 6) is 2.52. The molecule has 6 nitrogen and oxygen atoms in total. The van der Waals surface area contributed by atoms with Crippen LogP contribution in [0.25, 0.3) is 5.00 Å². The zero-order valence-electron chi connectivity index (χ0n) is 16.0. The van der Waals surface area contributed by atoms with Crippen molar-refractivity contribution in [2.24, 2.45) is 5.92 Å². The number of aromatic nitrogens is 3. The van der Waals surface area contributed by atoms with Crippen molar-refractivity contribution in [2.75, 3.05) is 11.7 Å². The van der Waals surface area contributed by atoms with Crippen molar-refractivity contribution >= 4 is 45.0 Å². The van der Waals surface area contributed by atoms with E-state index in [4.69, 9.17) is 0 Å². The van der Waals surface area contributed by atoms with Crippen molar-refractivity contribution in [1.82, 2.24) is 25.5 Å². The number of hydrazine groups is 1. The van der Waals surface area contributed by atoms with Gasteiger partial charge in [0.1, 0.15) is 11.2 Å². The molecule has 1 aromatic carbocycles. The van der Waals surface area contributed by atoms with E-state index in [1.807, 2.05) is 11.3 Å². The quantitative estimate of drug-likeness (QED) is 0.533. The third-order valence-corrected chi connectivity index (χ3v) is 8.71. The summed E-state index contributed by atoms with van der Waals surface area (Å²) < 4.78 is 3.37. The van der Waals surface area contributed by atoms with Crippen LogP contribution in [-0.2, 0) is 18.6 Å². The van der Waals surface area contributed by atoms with E-state index in [1.165, 1.54) is 35.4 Å². The van der Waals surface area contributed by atoms with E-state index in [2.05, 4.69) is 77.6 Å². The van der Waals surface area contributed by atoms with Crippen LogP contribution >= 0.6 is 39.0 Å². The summed E-state index contributed by atoms with van der Waals surface area (Å²) in [4.78, 5) is 1.55. The van der Waals surface area contributed by atoms with Gasteiger partial charge in [-0.3, -0.25) is 10.3 Å². The SMILES string of the molecule is C[C@@H]1CCc2c(sc3c2C2NCNN2c2nnc(SCc4ccc(Br)cc4)n2-3)C1. The molecule has 0 spiro atoms. The number of nitrogens with zero attached hydrogens (tertiary/aromatic N) is 4. The number of thioether (sulfide) groups is 1. The normalized spacial score (nSPS) is 22.2. The maximum atomic E-state index is 4.57. The molecule has 2 aliphatic heterocycles. The summed E-state index contributed by atoms with van der Waals surface area (Å²) in [6.07, 6.45) is 3.79. The Kier molecular flexibility index (Phi) is 4.50. The molecule has 3 aliphatic rings. The van der Waals surface area contributed by atoms with Crippen molar-refractivity contribution in [3.05, 3.63) is 50.3 Å². The lowest BCUT2D eigenvalue weighted by atomic mass is 9.87. The van der Waals surface area contributed by atoms with Gasteiger partial charge < -0.3 is 0 Å². The second-order valence-electron chi connectivity index (χ2n) is 7.92. The first-order valence-corrected chi connectivity index (χ1v) is 12.5. The lowest BCUT2D eigenvalue weighted by molar-refractivity contribution is 0.499. The Morgan fingerprint density at radius 3 is 3.00 bits per heavy atom. The highest BCUT2D eigenvalue weighted by molar-refractivity contribution is 9.10. The van der Waals surface area contributed by atoms with E-state index in [0.717, 1.165) is 33.9 Å². The average molecular weight is 489 g/mol. The summed E-state index contributed by atoms with van der Waals surface area (Å²) in [6.45, 7) is 3.12. The van der Waals surface area contributed by atoms with E-state index >= 15 is 0 Å². The van der Waals surface area contributed by atoms with E-state index in [9.17, 15) is 0 Å². The monoisotopic (exact) mass is 488 g/mol. The van der Waals surface area contributed by atoms with Gasteiger partial charge >= 0.3 is 0 Å². The van der Waals surface area contributed by atoms with Gasteiger partial charge in [0.15, 0.2) is 5.16 Å². The molecule has 1 unspecified atom stereocenters. The van der Waals surface area contributed by atoms with Crippen LogP contribution in [0.3, 0.4) is 0 Å². The number of thiophene rings is 1. The zero-order valence-corrected chi connectivity index (χ0v) is 19.2. The molecular formula is C20H21BrN6S2. The predicted molar refractivity (Wildman–Crippen MR) is 120 cm³/mol. The topological polar surface area (TPSA) is 58.0 Å². The van der Waals surface area contributed by atoms with Crippen LogP contribution in [0.5, 0.6) is 0 Å². The van der Waals surface area contributed by atoms with Crippen molar-refractivity contribution in [3.8, 4) is 5.00 Å². The van der Waals surface area contributed by atoms with Crippen LogP contribution in [0.15, 0.2) is 33.9 Å². The average Bonchev–Trinajstić information content (AvgIpc) is 3.42. The van der Waals surface area contributed by atoms with Gasteiger partial charge in [-0.15, -0.1) is 21.5 Å². The van der Waals surface area contributed by atoms with Gasteiger partial charge in [-0.05, 0) is 48.4 Å². The van der Waals surface area contributed by atoms with Crippen LogP contribution in [0.4, 0.5) is 5.95 Å². The van der Waals surface area contributed by atoms with Crippen molar-refractivity contribution in [3.63, 3.8) is 0 Å². The van der Waals surface area contributed by atoms with Gasteiger partial charge in [-0.25, -0.2) is 9.99 Å². The summed E-state index contributed by atoms with van der Waals surface area (Å²) in [5, 5.41) is 17.2. The van der Waals surface area contributed by atoms with Gasteiger partial charge in [-0.2, -0.15) is 0 Å². The standard InChI is InChI=1S/C20H21BrN6S2/c1-11-2-7-14-15(8-11)29-18-16(14)17-22-10-23-27(17)19-24-25-20(26(18)19)28-9-12-3-5-13(21)6-4-12/h3-6,11,17,22-23H,2,7-10H2,1H3/t11-,17?/m1/s1. The highest BCUT2D eigenvalue weighted by atomic mass is 79.9. The smallest absolute Gasteiger partial charge is 0.249 e. The minimum absolute atomic E-state index is 0.152. The highest BCUT2D eigenvalue weighted by Crippen LogP contribution is 2.48. The Morgan fingerprint density at radius 2 is 2.14 bits per heavy atom. The Labute approximate surface area is 186 Å². The number of benzene rings is 1. The Balaban J connectivity index is 1.41. The zero-order chi connectivity index (χ0) is 19.5. The van der Waals surface area contributed by atoms with Crippen molar-refractivity contribution in [1.29, 1.82) is 0 Å². The summed E-state index contributed by atoms with van der Waals surface area (Å²) in [6, 6.07) is 8.49. The molecule has 29 heavy (non-hydrogen) atoms. The van der Waals surface area contributed by atoms with Gasteiger partial charge in [0.05, 0.1) is 6.67 Å². The van der Waals surface area contributed by atoms with Crippen LogP contribution in [-0.4, -0.2) is 21.4 Å². The fraction of sp³-hybridized carbons (Fsp3) is 0.400. The lowest BCUT2D eigenvalue weighted by Crippen LogP contribution is -2.39. The highest BCUT2D eigenvalue weighted by Gasteiger charge is 2.42. The van der Waals surface area contributed by atoms with Gasteiger partial charge in [0.2, 0.25) is 5.95 Å². The first-order chi connectivity index (χ1) is 14.2. The molecule has 0 saturated carbocycles. The van der Waals surface area contributed by atoms with Gasteiger partial charge in [-0.1, -0.05) is 46.7 Å². The molecule has 2 aromatic heterocycles. The maximum absolute atomic E-state index is 4.57. The van der Waals surface area contributed by atoms with Crippen molar-refractivity contribution < 1.29 is 0 Å². The maximum Gasteiger partial charge on any atom is 0.249 e. The van der Waals surface area contributed by atoms with Crippen LogP contribution < -0.4 is 15.8 Å². The molecule has 6 rings (SSSR count). The molecule has 150 valence electrons. The predicted octanol–water partition coefficient (Wildman–Crippen LogP) is 4.39. The first kappa shape index (κ1) is 18.4. The number of nitrogens with one attached hydrogen (secondary N) is 2. The number of fused-ring (bicyclic) bond motifs is 8. The summed E-state index contributed by atoms with van der Waals surface area (Å²) >= 11 is 7.21. The number of anilines is 1. The van der Waals surface area contributed by atoms with Gasteiger partial charge in [0.25, 0.3) is 0 Å². The lowest BCUT2D eigenvalue weighted by Gasteiger charge is -2.31. The van der Waals surface area contributed by atoms with Gasteiger partial charge in [0, 0.05) is 20.7 Å². The Hall–Kier alpha value is -1.39. The minimum atomic E-state index is 0.152. The van der Waals surface area contributed by atoms with Crippen LogP contribution in [0, 0.1) is 5.92 Å². The number of hydrogen-bond donors (Lipinski definition) is 2. The van der Waals surface area contributed by atoms with E-state index < -0.39 is 0 Å². The third-order valence-electron chi connectivity index (χ3n) is 5.93. The van der Waals surface area contributed by atoms with Crippen LogP contribution in [0.1, 0.15) is 41.1 Å². The molecule has 0 bridgehead atoms. The molecule has 2 N–H and O–H groups in total. The molecule has 2 atom stereocenters. The first-order valence-electron chi connectivity index (χ1n) is 9.92. The molecule has 1 aliphatic carbocycles. The fourth-order valence-electron chi connectivity index (χ4n) is 4.45. The fourth-order valence-corrected chi connectivity index (χ4v) is 7.21. The molecule has 9 heteroatoms. The molecule has 0 radical (unpaired) electrons. The molecule has 0 amide bonds. The molecule has 1 fully saturated rings. The second-order valence-corrected chi connectivity index (χ2v) is 10.9.